The van der Waals surface area contributed by atoms with Crippen molar-refractivity contribution in [2.24, 2.45) is 0 Å². The molecule has 1 aromatic carbocycles. The van der Waals surface area contributed by atoms with E-state index in [1.54, 1.807) is 16.9 Å². The number of hydrogen-bond acceptors (Lipinski definition) is 7. The summed E-state index contributed by atoms with van der Waals surface area (Å²) in [6.07, 6.45) is 3.38. The molecule has 5 aromatic rings. The number of fused-ring (bicyclic) bond motifs is 3. The van der Waals surface area contributed by atoms with E-state index < -0.39 is 0 Å². The van der Waals surface area contributed by atoms with Crippen molar-refractivity contribution in [3.63, 3.8) is 0 Å². The van der Waals surface area contributed by atoms with Gasteiger partial charge in [-0.3, -0.25) is 18.6 Å². The van der Waals surface area contributed by atoms with Gasteiger partial charge in [0.1, 0.15) is 10.5 Å². The van der Waals surface area contributed by atoms with E-state index >= 15 is 0 Å². The zero-order chi connectivity index (χ0) is 22.6. The number of carbonyl (C=O) groups excluding carboxylic acids is 1. The van der Waals surface area contributed by atoms with Crippen LogP contribution >= 0.6 is 23.1 Å². The Kier molecular flexibility index (Phi) is 6.27. The van der Waals surface area contributed by atoms with E-state index in [-0.39, 0.29) is 23.8 Å². The summed E-state index contributed by atoms with van der Waals surface area (Å²) in [6, 6.07) is 15.7. The molecule has 1 amide bonds. The van der Waals surface area contributed by atoms with Gasteiger partial charge in [0.25, 0.3) is 5.56 Å². The Morgan fingerprint density at radius 1 is 1.12 bits per heavy atom. The Balaban J connectivity index is 1.29. The third kappa shape index (κ3) is 4.57. The number of nitrogens with one attached hydrogen (secondary N) is 1. The number of hydrogen-bond donors (Lipinski definition) is 1. The molecule has 4 aromatic heterocycles. The summed E-state index contributed by atoms with van der Waals surface area (Å²) < 4.78 is 9.43. The minimum atomic E-state index is -0.135. The quantitative estimate of drug-likeness (QED) is 0.257. The second kappa shape index (κ2) is 9.63. The molecule has 33 heavy (non-hydrogen) atoms. The highest BCUT2D eigenvalue weighted by Gasteiger charge is 2.19. The van der Waals surface area contributed by atoms with Crippen molar-refractivity contribution in [1.29, 1.82) is 0 Å². The zero-order valence-electron chi connectivity index (χ0n) is 17.6. The zero-order valence-corrected chi connectivity index (χ0v) is 19.3. The Bertz CT molecular complexity index is 1440. The van der Waals surface area contributed by atoms with Crippen molar-refractivity contribution in [3.05, 3.63) is 81.9 Å². The molecule has 8 nitrogen and oxygen atoms in total. The topological polar surface area (TPSA) is 94.4 Å². The average Bonchev–Trinajstić information content (AvgIpc) is 3.59. The summed E-state index contributed by atoms with van der Waals surface area (Å²) in [5, 5.41) is 13.9. The van der Waals surface area contributed by atoms with E-state index in [4.69, 9.17) is 4.42 Å². The van der Waals surface area contributed by atoms with Crippen LogP contribution in [-0.4, -0.2) is 37.4 Å². The van der Waals surface area contributed by atoms with Gasteiger partial charge in [0.15, 0.2) is 5.16 Å². The van der Waals surface area contributed by atoms with Crippen molar-refractivity contribution in [2.75, 3.05) is 12.3 Å². The highest BCUT2D eigenvalue weighted by atomic mass is 32.2. The molecule has 0 fully saturated rings. The van der Waals surface area contributed by atoms with Crippen molar-refractivity contribution >= 4 is 45.0 Å². The van der Waals surface area contributed by atoms with E-state index in [2.05, 4.69) is 27.6 Å². The second-order valence-corrected chi connectivity index (χ2v) is 9.31. The van der Waals surface area contributed by atoms with Crippen LogP contribution in [0, 0.1) is 0 Å². The lowest BCUT2D eigenvalue weighted by atomic mass is 10.1. The molecule has 0 aliphatic rings. The molecule has 0 saturated carbocycles. The van der Waals surface area contributed by atoms with Crippen molar-refractivity contribution in [2.45, 2.75) is 24.5 Å². The second-order valence-electron chi connectivity index (χ2n) is 7.45. The maximum atomic E-state index is 13.0. The fraction of sp³-hybridized carbons (Fsp3) is 0.217. The summed E-state index contributed by atoms with van der Waals surface area (Å²) in [4.78, 5) is 25.4. The third-order valence-corrected chi connectivity index (χ3v) is 7.04. The number of furan rings is 1. The van der Waals surface area contributed by atoms with Crippen LogP contribution in [-0.2, 0) is 17.8 Å². The summed E-state index contributed by atoms with van der Waals surface area (Å²) >= 11 is 2.68. The van der Waals surface area contributed by atoms with Crippen LogP contribution in [0.2, 0.25) is 0 Å². The van der Waals surface area contributed by atoms with Gasteiger partial charge in [0.05, 0.1) is 24.1 Å². The molecule has 168 valence electrons. The van der Waals surface area contributed by atoms with Crippen molar-refractivity contribution in [1.82, 2.24) is 24.5 Å². The van der Waals surface area contributed by atoms with Crippen LogP contribution in [0.5, 0.6) is 0 Å². The molecule has 0 saturated heterocycles. The van der Waals surface area contributed by atoms with Crippen molar-refractivity contribution < 1.29 is 9.21 Å². The SMILES string of the molecule is O=C(CSc1nnc2n(Cc3ccco3)c(=O)c3sccc3n12)NCCCc1ccccc1. The van der Waals surface area contributed by atoms with E-state index in [0.29, 0.717) is 27.9 Å². The van der Waals surface area contributed by atoms with Gasteiger partial charge in [-0.05, 0) is 42.0 Å². The first-order valence-corrected chi connectivity index (χ1v) is 12.4. The smallest absolute Gasteiger partial charge is 0.273 e. The molecule has 4 heterocycles. The summed E-state index contributed by atoms with van der Waals surface area (Å²) in [5.41, 5.74) is 1.87. The van der Waals surface area contributed by atoms with E-state index in [0.717, 1.165) is 18.4 Å². The standard InChI is InChI=1S/C23H21N5O3S2/c29-19(24-11-4-8-16-6-2-1-3-7-16)15-33-23-26-25-22-27(14-17-9-5-12-31-17)21(30)20-18(28(22)23)10-13-32-20/h1-3,5-7,9-10,12-13H,4,8,11,14-15H2,(H,24,29). The maximum Gasteiger partial charge on any atom is 0.273 e. The summed E-state index contributed by atoms with van der Waals surface area (Å²) in [5.74, 6) is 1.24. The first-order chi connectivity index (χ1) is 16.2. The van der Waals surface area contributed by atoms with Crippen LogP contribution in [0.1, 0.15) is 17.7 Å². The predicted octanol–water partition coefficient (Wildman–Crippen LogP) is 3.59. The van der Waals surface area contributed by atoms with Crippen LogP contribution < -0.4 is 10.9 Å². The first kappa shape index (κ1) is 21.5. The lowest BCUT2D eigenvalue weighted by Crippen LogP contribution is -2.26. The highest BCUT2D eigenvalue weighted by Crippen LogP contribution is 2.24. The lowest BCUT2D eigenvalue weighted by molar-refractivity contribution is -0.118. The number of thioether (sulfide) groups is 1. The fourth-order valence-electron chi connectivity index (χ4n) is 3.64. The lowest BCUT2D eigenvalue weighted by Gasteiger charge is -2.08. The number of benzene rings is 1. The summed E-state index contributed by atoms with van der Waals surface area (Å²) in [7, 11) is 0. The molecule has 0 aliphatic carbocycles. The molecule has 0 bridgehead atoms. The molecule has 5 rings (SSSR count). The number of thiophene rings is 1. The molecule has 0 spiro atoms. The molecular formula is C23H21N5O3S2. The largest absolute Gasteiger partial charge is 0.467 e. The van der Waals surface area contributed by atoms with Gasteiger partial charge in [-0.1, -0.05) is 42.1 Å². The maximum absolute atomic E-state index is 13.0. The molecule has 0 unspecified atom stereocenters. The molecule has 10 heteroatoms. The Morgan fingerprint density at radius 2 is 2.00 bits per heavy atom. The molecule has 1 N–H and O–H groups in total. The monoisotopic (exact) mass is 479 g/mol. The van der Waals surface area contributed by atoms with E-state index in [1.165, 1.54) is 28.7 Å². The predicted molar refractivity (Wildman–Crippen MR) is 129 cm³/mol. The summed E-state index contributed by atoms with van der Waals surface area (Å²) in [6.45, 7) is 0.875. The minimum absolute atomic E-state index is 0.0599. The van der Waals surface area contributed by atoms with Crippen molar-refractivity contribution in [3.8, 4) is 0 Å². The third-order valence-electron chi connectivity index (χ3n) is 5.22. The fourth-order valence-corrected chi connectivity index (χ4v) is 5.23. The van der Waals surface area contributed by atoms with Crippen LogP contribution in [0.25, 0.3) is 16.0 Å². The number of aromatic nitrogens is 4. The van der Waals surface area contributed by atoms with Crippen LogP contribution in [0.15, 0.2) is 74.5 Å². The molecule has 0 aliphatic heterocycles. The Morgan fingerprint density at radius 3 is 2.82 bits per heavy atom. The number of aryl methyl sites for hydroxylation is 1. The first-order valence-electron chi connectivity index (χ1n) is 10.5. The Labute approximate surface area is 197 Å². The van der Waals surface area contributed by atoms with Gasteiger partial charge >= 0.3 is 0 Å². The normalized spacial score (nSPS) is 11.4. The van der Waals surface area contributed by atoms with Crippen LogP contribution in [0.3, 0.4) is 0 Å². The Hall–Kier alpha value is -3.37. The van der Waals surface area contributed by atoms with Gasteiger partial charge < -0.3 is 9.73 Å². The van der Waals surface area contributed by atoms with Gasteiger partial charge in [0.2, 0.25) is 11.7 Å². The highest BCUT2D eigenvalue weighted by molar-refractivity contribution is 7.99. The molecule has 0 radical (unpaired) electrons. The average molecular weight is 480 g/mol. The number of carbonyl (C=O) groups is 1. The number of rotatable bonds is 9. The molecular weight excluding hydrogens is 458 g/mol. The van der Waals surface area contributed by atoms with Crippen LogP contribution in [0.4, 0.5) is 0 Å². The molecule has 0 atom stereocenters. The van der Waals surface area contributed by atoms with Gasteiger partial charge in [-0.2, -0.15) is 0 Å². The van der Waals surface area contributed by atoms with E-state index in [9.17, 15) is 9.59 Å². The number of nitrogens with zero attached hydrogens (tertiary/aromatic N) is 4. The van der Waals surface area contributed by atoms with Gasteiger partial charge in [-0.25, -0.2) is 0 Å². The number of amides is 1. The van der Waals surface area contributed by atoms with E-state index in [1.807, 2.05) is 40.1 Å². The minimum Gasteiger partial charge on any atom is -0.467 e. The van der Waals surface area contributed by atoms with Gasteiger partial charge in [0, 0.05) is 6.54 Å². The van der Waals surface area contributed by atoms with Gasteiger partial charge in [-0.15, -0.1) is 21.5 Å².